The van der Waals surface area contributed by atoms with Crippen LogP contribution in [0.25, 0.3) is 0 Å². The van der Waals surface area contributed by atoms with Gasteiger partial charge in [0.15, 0.2) is 0 Å². The Labute approximate surface area is 126 Å². The Morgan fingerprint density at radius 2 is 2.05 bits per heavy atom. The molecule has 0 aromatic heterocycles. The monoisotopic (exact) mass is 349 g/mol. The molecule has 2 unspecified atom stereocenters. The van der Waals surface area contributed by atoms with Crippen LogP contribution in [0.5, 0.6) is 0 Å². The summed E-state index contributed by atoms with van der Waals surface area (Å²) in [7, 11) is 0. The van der Waals surface area contributed by atoms with E-state index in [4.69, 9.17) is 0 Å². The van der Waals surface area contributed by atoms with Gasteiger partial charge in [-0.25, -0.2) is 0 Å². The van der Waals surface area contributed by atoms with Gasteiger partial charge in [-0.15, -0.1) is 0 Å². The van der Waals surface area contributed by atoms with Crippen LogP contribution in [-0.2, 0) is 6.18 Å². The van der Waals surface area contributed by atoms with E-state index in [0.717, 1.165) is 18.9 Å². The van der Waals surface area contributed by atoms with Crippen LogP contribution in [0.15, 0.2) is 22.7 Å². The molecule has 0 spiro atoms. The van der Waals surface area contributed by atoms with E-state index in [9.17, 15) is 13.2 Å². The molecule has 1 N–H and O–H groups in total. The fourth-order valence-corrected chi connectivity index (χ4v) is 3.33. The number of nitrogens with one attached hydrogen (secondary N) is 1. The largest absolute Gasteiger partial charge is 0.417 e. The summed E-state index contributed by atoms with van der Waals surface area (Å²) >= 11 is 2.95. The van der Waals surface area contributed by atoms with Crippen LogP contribution in [0, 0.1) is 11.8 Å². The highest BCUT2D eigenvalue weighted by Crippen LogP contribution is 2.36. The summed E-state index contributed by atoms with van der Waals surface area (Å²) in [4.78, 5) is 0. The van der Waals surface area contributed by atoms with Crippen LogP contribution in [0.3, 0.4) is 0 Å². The molecule has 1 fully saturated rings. The SMILES string of the molecule is CC1CCCC(CNc2ccc(Br)c(C(F)(F)F)c2)C1. The van der Waals surface area contributed by atoms with Gasteiger partial charge < -0.3 is 5.32 Å². The average Bonchev–Trinajstić information content (AvgIpc) is 2.36. The number of hydrogen-bond acceptors (Lipinski definition) is 1. The van der Waals surface area contributed by atoms with Crippen molar-refractivity contribution in [2.45, 2.75) is 38.8 Å². The summed E-state index contributed by atoms with van der Waals surface area (Å²) in [5.41, 5.74) is -0.0849. The molecule has 2 rings (SSSR count). The zero-order valence-electron chi connectivity index (χ0n) is 11.4. The van der Waals surface area contributed by atoms with Gasteiger partial charge in [0.05, 0.1) is 5.56 Å². The molecular weight excluding hydrogens is 331 g/mol. The molecule has 0 saturated heterocycles. The Bertz CT molecular complexity index is 459. The normalized spacial score (nSPS) is 23.6. The van der Waals surface area contributed by atoms with Gasteiger partial charge in [0.2, 0.25) is 0 Å². The van der Waals surface area contributed by atoms with Crippen LogP contribution in [0.1, 0.15) is 38.2 Å². The van der Waals surface area contributed by atoms with E-state index >= 15 is 0 Å². The molecule has 1 nitrogen and oxygen atoms in total. The molecule has 2 atom stereocenters. The second-order valence-corrected chi connectivity index (χ2v) is 6.57. The number of benzene rings is 1. The van der Waals surface area contributed by atoms with Crippen LogP contribution in [-0.4, -0.2) is 6.54 Å². The van der Waals surface area contributed by atoms with Gasteiger partial charge >= 0.3 is 6.18 Å². The molecule has 1 saturated carbocycles. The van der Waals surface area contributed by atoms with Crippen molar-refractivity contribution >= 4 is 21.6 Å². The van der Waals surface area contributed by atoms with Crippen molar-refractivity contribution in [3.8, 4) is 0 Å². The molecule has 1 aromatic rings. The zero-order valence-corrected chi connectivity index (χ0v) is 13.0. The molecule has 0 bridgehead atoms. The predicted molar refractivity (Wildman–Crippen MR) is 78.8 cm³/mol. The van der Waals surface area contributed by atoms with Gasteiger partial charge in [-0.3, -0.25) is 0 Å². The highest BCUT2D eigenvalue weighted by Gasteiger charge is 2.33. The third-order valence-electron chi connectivity index (χ3n) is 3.91. The van der Waals surface area contributed by atoms with Crippen molar-refractivity contribution in [1.82, 2.24) is 0 Å². The van der Waals surface area contributed by atoms with E-state index in [1.165, 1.54) is 31.4 Å². The smallest absolute Gasteiger partial charge is 0.385 e. The molecule has 0 heterocycles. The number of halogens is 4. The number of anilines is 1. The first-order valence-corrected chi connectivity index (χ1v) is 7.76. The minimum absolute atomic E-state index is 0.0850. The summed E-state index contributed by atoms with van der Waals surface area (Å²) in [6, 6.07) is 4.32. The maximum Gasteiger partial charge on any atom is 0.417 e. The van der Waals surface area contributed by atoms with Gasteiger partial charge in [-0.2, -0.15) is 13.2 Å². The Kier molecular flexibility index (Phi) is 4.99. The number of rotatable bonds is 3. The van der Waals surface area contributed by atoms with Crippen molar-refractivity contribution in [2.24, 2.45) is 11.8 Å². The molecule has 112 valence electrons. The molecular formula is C15H19BrF3N. The van der Waals surface area contributed by atoms with E-state index in [0.29, 0.717) is 11.6 Å². The first-order chi connectivity index (χ1) is 9.36. The lowest BCUT2D eigenvalue weighted by Crippen LogP contribution is -2.21. The van der Waals surface area contributed by atoms with E-state index in [-0.39, 0.29) is 4.47 Å². The summed E-state index contributed by atoms with van der Waals surface area (Å²) < 4.78 is 38.5. The lowest BCUT2D eigenvalue weighted by Gasteiger charge is -2.27. The standard InChI is InChI=1S/C15H19BrF3N/c1-10-3-2-4-11(7-10)9-20-12-5-6-14(16)13(8-12)15(17,18)19/h5-6,8,10-11,20H,2-4,7,9H2,1H3. The van der Waals surface area contributed by atoms with Crippen LogP contribution in [0.4, 0.5) is 18.9 Å². The third-order valence-corrected chi connectivity index (χ3v) is 4.60. The summed E-state index contributed by atoms with van der Waals surface area (Å²) in [6.45, 7) is 3.00. The van der Waals surface area contributed by atoms with E-state index in [1.807, 2.05) is 0 Å². The first kappa shape index (κ1) is 15.7. The van der Waals surface area contributed by atoms with E-state index in [2.05, 4.69) is 28.2 Å². The topological polar surface area (TPSA) is 12.0 Å². The summed E-state index contributed by atoms with van der Waals surface area (Å²) in [5, 5.41) is 3.15. The van der Waals surface area contributed by atoms with E-state index < -0.39 is 11.7 Å². The minimum atomic E-state index is -4.32. The highest BCUT2D eigenvalue weighted by atomic mass is 79.9. The van der Waals surface area contributed by atoms with Crippen molar-refractivity contribution in [2.75, 3.05) is 11.9 Å². The molecule has 0 aliphatic heterocycles. The van der Waals surface area contributed by atoms with Crippen molar-refractivity contribution in [1.29, 1.82) is 0 Å². The first-order valence-electron chi connectivity index (χ1n) is 6.97. The molecule has 20 heavy (non-hydrogen) atoms. The highest BCUT2D eigenvalue weighted by molar-refractivity contribution is 9.10. The minimum Gasteiger partial charge on any atom is -0.385 e. The second-order valence-electron chi connectivity index (χ2n) is 5.71. The lowest BCUT2D eigenvalue weighted by atomic mass is 9.82. The zero-order chi connectivity index (χ0) is 14.8. The Morgan fingerprint density at radius 3 is 2.70 bits per heavy atom. The maximum absolute atomic E-state index is 12.8. The van der Waals surface area contributed by atoms with Gasteiger partial charge in [-0.1, -0.05) is 35.7 Å². The molecule has 1 aliphatic carbocycles. The van der Waals surface area contributed by atoms with Crippen molar-refractivity contribution in [3.63, 3.8) is 0 Å². The maximum atomic E-state index is 12.8. The van der Waals surface area contributed by atoms with Gasteiger partial charge in [0, 0.05) is 16.7 Å². The quantitative estimate of drug-likeness (QED) is 0.737. The van der Waals surface area contributed by atoms with E-state index in [1.54, 1.807) is 6.07 Å². The fourth-order valence-electron chi connectivity index (χ4n) is 2.86. The van der Waals surface area contributed by atoms with Crippen LogP contribution >= 0.6 is 15.9 Å². The molecule has 1 aromatic carbocycles. The lowest BCUT2D eigenvalue weighted by molar-refractivity contribution is -0.138. The summed E-state index contributed by atoms with van der Waals surface area (Å²) in [5.74, 6) is 1.29. The summed E-state index contributed by atoms with van der Waals surface area (Å²) in [6.07, 6.45) is 0.500. The van der Waals surface area contributed by atoms with Gasteiger partial charge in [0.1, 0.15) is 0 Å². The average molecular weight is 350 g/mol. The molecule has 1 aliphatic rings. The Balaban J connectivity index is 1.99. The molecule has 0 radical (unpaired) electrons. The molecule has 0 amide bonds. The number of hydrogen-bond donors (Lipinski definition) is 1. The number of alkyl halides is 3. The fraction of sp³-hybridized carbons (Fsp3) is 0.600. The Hall–Kier alpha value is -0.710. The third kappa shape index (κ3) is 4.14. The predicted octanol–water partition coefficient (Wildman–Crippen LogP) is 5.71. The van der Waals surface area contributed by atoms with Gasteiger partial charge in [-0.05, 0) is 42.9 Å². The van der Waals surface area contributed by atoms with Crippen molar-refractivity contribution < 1.29 is 13.2 Å². The van der Waals surface area contributed by atoms with Crippen LogP contribution in [0.2, 0.25) is 0 Å². The van der Waals surface area contributed by atoms with Crippen molar-refractivity contribution in [3.05, 3.63) is 28.2 Å². The van der Waals surface area contributed by atoms with Gasteiger partial charge in [0.25, 0.3) is 0 Å². The molecule has 5 heteroatoms. The second kappa shape index (κ2) is 6.37. The Morgan fingerprint density at radius 1 is 1.30 bits per heavy atom. The van der Waals surface area contributed by atoms with Crippen LogP contribution < -0.4 is 5.32 Å².